The summed E-state index contributed by atoms with van der Waals surface area (Å²) in [4.78, 5) is 26.7. The van der Waals surface area contributed by atoms with E-state index in [0.717, 1.165) is 16.5 Å². The van der Waals surface area contributed by atoms with Gasteiger partial charge >= 0.3 is 5.97 Å². The van der Waals surface area contributed by atoms with E-state index in [1.165, 1.54) is 0 Å². The van der Waals surface area contributed by atoms with Gasteiger partial charge in [0.25, 0.3) is 5.91 Å². The van der Waals surface area contributed by atoms with Crippen LogP contribution >= 0.6 is 15.9 Å². The molecule has 0 saturated heterocycles. The van der Waals surface area contributed by atoms with Crippen LogP contribution in [0.15, 0.2) is 69.6 Å². The number of aryl methyl sites for hydroxylation is 2. The summed E-state index contributed by atoms with van der Waals surface area (Å²) >= 11 is 3.48. The monoisotopic (exact) mass is 479 g/mol. The molecule has 1 aliphatic carbocycles. The molecule has 0 fully saturated rings. The van der Waals surface area contributed by atoms with Crippen molar-refractivity contribution in [2.24, 2.45) is 5.92 Å². The molecule has 6 heteroatoms. The summed E-state index contributed by atoms with van der Waals surface area (Å²) in [6.07, 6.45) is 7.03. The molecule has 0 bridgehead atoms. The predicted octanol–water partition coefficient (Wildman–Crippen LogP) is 6.25. The number of carbonyl (C=O) groups is 2. The van der Waals surface area contributed by atoms with Crippen molar-refractivity contribution < 1.29 is 19.1 Å². The minimum absolute atomic E-state index is 0.0752. The first-order valence-corrected chi connectivity index (χ1v) is 10.8. The first kappa shape index (κ1) is 21.1. The zero-order valence-electron chi connectivity index (χ0n) is 17.3. The molecule has 0 aliphatic heterocycles. The number of benzene rings is 2. The van der Waals surface area contributed by atoms with Gasteiger partial charge in [0.2, 0.25) is 5.76 Å². The molecule has 1 aliphatic rings. The molecular weight excluding hydrogens is 458 g/mol. The number of hydrogen-bond acceptors (Lipinski definition) is 3. The molecule has 4 rings (SSSR count). The second-order valence-corrected chi connectivity index (χ2v) is 8.68. The lowest BCUT2D eigenvalue weighted by Gasteiger charge is -2.27. The maximum absolute atomic E-state index is 13.5. The first-order chi connectivity index (χ1) is 14.8. The number of anilines is 1. The Bertz CT molecular complexity index is 1220. The quantitative estimate of drug-likeness (QED) is 0.469. The van der Waals surface area contributed by atoms with E-state index in [4.69, 9.17) is 4.42 Å². The third kappa shape index (κ3) is 4.35. The molecule has 2 aromatic carbocycles. The van der Waals surface area contributed by atoms with Gasteiger partial charge in [-0.2, -0.15) is 0 Å². The van der Waals surface area contributed by atoms with Crippen LogP contribution in [0.1, 0.15) is 38.5 Å². The Morgan fingerprint density at radius 3 is 2.55 bits per heavy atom. The summed E-state index contributed by atoms with van der Waals surface area (Å²) < 4.78 is 6.53. The normalized spacial score (nSPS) is 15.7. The number of carboxylic acids is 1. The van der Waals surface area contributed by atoms with Gasteiger partial charge in [-0.25, -0.2) is 4.79 Å². The summed E-state index contributed by atoms with van der Waals surface area (Å²) in [5, 5.41) is 10.1. The number of halogens is 1. The Morgan fingerprint density at radius 2 is 1.90 bits per heavy atom. The van der Waals surface area contributed by atoms with Crippen molar-refractivity contribution in [3.05, 3.63) is 87.6 Å². The van der Waals surface area contributed by atoms with Gasteiger partial charge in [0.15, 0.2) is 0 Å². The number of carbonyl (C=O) groups excluding carboxylic acids is 1. The van der Waals surface area contributed by atoms with Crippen LogP contribution < -0.4 is 4.90 Å². The molecule has 1 aromatic heterocycles. The van der Waals surface area contributed by atoms with Crippen LogP contribution in [0.25, 0.3) is 11.0 Å². The molecule has 3 aromatic rings. The van der Waals surface area contributed by atoms with E-state index in [1.54, 1.807) is 24.0 Å². The Morgan fingerprint density at radius 1 is 1.16 bits per heavy atom. The Balaban J connectivity index is 1.75. The standard InChI is InChI=1S/C25H22BrNO4/c1-15-3-7-18(8-4-15)24(28)27(14-17-5-9-19(26)10-6-17)20-11-12-22-21(13-20)16(2)23(31-22)25(29)30/h3-5,7-13,17H,6,14H2,1-2H3,(H,29,30). The van der Waals surface area contributed by atoms with Crippen molar-refractivity contribution >= 4 is 44.5 Å². The lowest BCUT2D eigenvalue weighted by Crippen LogP contribution is -2.35. The van der Waals surface area contributed by atoms with Crippen LogP contribution in [0.5, 0.6) is 0 Å². The van der Waals surface area contributed by atoms with Crippen molar-refractivity contribution in [3.8, 4) is 0 Å². The van der Waals surface area contributed by atoms with Crippen molar-refractivity contribution in [1.29, 1.82) is 0 Å². The van der Waals surface area contributed by atoms with Crippen LogP contribution in [-0.2, 0) is 0 Å². The highest BCUT2D eigenvalue weighted by molar-refractivity contribution is 9.11. The number of nitrogens with zero attached hydrogens (tertiary/aromatic N) is 1. The molecule has 1 unspecified atom stereocenters. The second kappa shape index (κ2) is 8.55. The molecule has 1 heterocycles. The maximum Gasteiger partial charge on any atom is 0.372 e. The van der Waals surface area contributed by atoms with Crippen LogP contribution in [-0.4, -0.2) is 23.5 Å². The fraction of sp³-hybridized carbons (Fsp3) is 0.200. The van der Waals surface area contributed by atoms with Crippen LogP contribution in [0.4, 0.5) is 5.69 Å². The Hall–Kier alpha value is -3.12. The van der Waals surface area contributed by atoms with Crippen molar-refractivity contribution in [1.82, 2.24) is 0 Å². The lowest BCUT2D eigenvalue weighted by molar-refractivity contribution is 0.0663. The van der Waals surface area contributed by atoms with Gasteiger partial charge in [-0.3, -0.25) is 4.79 Å². The van der Waals surface area contributed by atoms with Gasteiger partial charge in [-0.15, -0.1) is 0 Å². The first-order valence-electron chi connectivity index (χ1n) is 10.0. The van der Waals surface area contributed by atoms with Crippen molar-refractivity contribution in [2.45, 2.75) is 20.3 Å². The van der Waals surface area contributed by atoms with Crippen molar-refractivity contribution in [3.63, 3.8) is 0 Å². The molecule has 31 heavy (non-hydrogen) atoms. The van der Waals surface area contributed by atoms with E-state index >= 15 is 0 Å². The second-order valence-electron chi connectivity index (χ2n) is 7.77. The summed E-state index contributed by atoms with van der Waals surface area (Å²) in [5.41, 5.74) is 3.45. The molecule has 0 radical (unpaired) electrons. The van der Waals surface area contributed by atoms with Crippen molar-refractivity contribution in [2.75, 3.05) is 11.4 Å². The third-order valence-electron chi connectivity index (χ3n) is 5.53. The average Bonchev–Trinajstić information content (AvgIpc) is 3.10. The van der Waals surface area contributed by atoms with Gasteiger partial charge in [-0.1, -0.05) is 51.9 Å². The lowest BCUT2D eigenvalue weighted by atomic mass is 9.99. The molecule has 1 N–H and O–H groups in total. The molecule has 0 saturated carbocycles. The van der Waals surface area contributed by atoms with Gasteiger partial charge in [0, 0.05) is 33.2 Å². The zero-order chi connectivity index (χ0) is 22.1. The van der Waals surface area contributed by atoms with Crippen LogP contribution in [0, 0.1) is 19.8 Å². The highest BCUT2D eigenvalue weighted by Gasteiger charge is 2.24. The highest BCUT2D eigenvalue weighted by Crippen LogP contribution is 2.31. The van der Waals surface area contributed by atoms with Gasteiger partial charge < -0.3 is 14.4 Å². The Labute approximate surface area is 188 Å². The topological polar surface area (TPSA) is 70.8 Å². The number of carboxylic acid groups (broad SMARTS) is 1. The average molecular weight is 480 g/mol. The number of amides is 1. The molecule has 1 atom stereocenters. The summed E-state index contributed by atoms with van der Waals surface area (Å²) in [6, 6.07) is 12.9. The predicted molar refractivity (Wildman–Crippen MR) is 125 cm³/mol. The number of furan rings is 1. The van der Waals surface area contributed by atoms with Gasteiger partial charge in [-0.05, 0) is 56.5 Å². The number of aromatic carboxylic acids is 1. The molecule has 0 spiro atoms. The largest absolute Gasteiger partial charge is 0.475 e. The minimum atomic E-state index is -1.10. The maximum atomic E-state index is 13.5. The van der Waals surface area contributed by atoms with Crippen LogP contribution in [0.2, 0.25) is 0 Å². The minimum Gasteiger partial charge on any atom is -0.475 e. The molecule has 5 nitrogen and oxygen atoms in total. The fourth-order valence-electron chi connectivity index (χ4n) is 3.75. The van der Waals surface area contributed by atoms with E-state index < -0.39 is 5.97 Å². The van der Waals surface area contributed by atoms with E-state index in [-0.39, 0.29) is 17.6 Å². The molecule has 1 amide bonds. The smallest absolute Gasteiger partial charge is 0.372 e. The SMILES string of the molecule is Cc1ccc(C(=O)N(CC2C=CC(Br)=CC2)c2ccc3oc(C(=O)O)c(C)c3c2)cc1. The third-order valence-corrected chi connectivity index (χ3v) is 6.12. The van der Waals surface area contributed by atoms with E-state index in [2.05, 4.69) is 28.1 Å². The number of allylic oxidation sites excluding steroid dienone is 3. The van der Waals surface area contributed by atoms with Crippen LogP contribution in [0.3, 0.4) is 0 Å². The number of hydrogen-bond donors (Lipinski definition) is 1. The molecular formula is C25H22BrNO4. The van der Waals surface area contributed by atoms with E-state index in [9.17, 15) is 14.7 Å². The summed E-state index contributed by atoms with van der Waals surface area (Å²) in [7, 11) is 0. The Kier molecular flexibility index (Phi) is 5.83. The number of rotatable bonds is 5. The zero-order valence-corrected chi connectivity index (χ0v) is 18.8. The number of fused-ring (bicyclic) bond motifs is 1. The van der Waals surface area contributed by atoms with Gasteiger partial charge in [0.05, 0.1) is 0 Å². The highest BCUT2D eigenvalue weighted by atomic mass is 79.9. The summed E-state index contributed by atoms with van der Waals surface area (Å²) in [6.45, 7) is 4.21. The molecule has 158 valence electrons. The van der Waals surface area contributed by atoms with Gasteiger partial charge in [0.1, 0.15) is 5.58 Å². The van der Waals surface area contributed by atoms with E-state index in [0.29, 0.717) is 34.3 Å². The fourth-order valence-corrected chi connectivity index (χ4v) is 4.09. The summed E-state index contributed by atoms with van der Waals surface area (Å²) in [5.74, 6) is -1.10. The van der Waals surface area contributed by atoms with E-state index in [1.807, 2.05) is 43.3 Å².